The maximum atomic E-state index is 12.2. The van der Waals surface area contributed by atoms with Gasteiger partial charge < -0.3 is 10.2 Å². The molecule has 3 nitrogen and oxygen atoms in total. The van der Waals surface area contributed by atoms with E-state index in [9.17, 15) is 15.0 Å². The summed E-state index contributed by atoms with van der Waals surface area (Å²) in [5.41, 5.74) is 2.16. The quantitative estimate of drug-likeness (QED) is 0.559. The summed E-state index contributed by atoms with van der Waals surface area (Å²) in [5, 5.41) is 20.0. The fourth-order valence-corrected chi connectivity index (χ4v) is 6.73. The first-order chi connectivity index (χ1) is 14.0. The number of carbonyl (C=O) groups is 1. The van der Waals surface area contributed by atoms with Gasteiger partial charge in [-0.3, -0.25) is 4.79 Å². The summed E-state index contributed by atoms with van der Waals surface area (Å²) < 4.78 is 0. The number of fused-ring (bicyclic) bond motifs is 1. The first-order valence-corrected chi connectivity index (χ1v) is 12.4. The maximum Gasteiger partial charge on any atom is 0.163 e. The minimum absolute atomic E-state index is 0.0336. The lowest BCUT2D eigenvalue weighted by molar-refractivity contribution is -0.134. The molecule has 3 rings (SSSR count). The third-order valence-electron chi connectivity index (χ3n) is 8.78. The number of Topliss-reactive ketones (excluding diaryl/α,β-unsaturated/α-hetero) is 1. The maximum absolute atomic E-state index is 12.2. The number of allylic oxidation sites excluding steroid dienone is 3. The molecule has 170 valence electrons. The van der Waals surface area contributed by atoms with Gasteiger partial charge in [-0.25, -0.2) is 0 Å². The average molecular weight is 417 g/mol. The van der Waals surface area contributed by atoms with Crippen LogP contribution in [0.4, 0.5) is 0 Å². The molecule has 0 aromatic rings. The number of aliphatic hydroxyl groups is 2. The van der Waals surface area contributed by atoms with Gasteiger partial charge in [0.25, 0.3) is 0 Å². The van der Waals surface area contributed by atoms with E-state index in [4.69, 9.17) is 0 Å². The van der Waals surface area contributed by atoms with E-state index >= 15 is 0 Å². The van der Waals surface area contributed by atoms with Gasteiger partial charge in [-0.2, -0.15) is 0 Å². The molecule has 3 aliphatic carbocycles. The molecule has 3 fully saturated rings. The van der Waals surface area contributed by atoms with Crippen LogP contribution in [0.15, 0.2) is 23.3 Å². The minimum Gasteiger partial charge on any atom is -0.393 e. The number of ketones is 1. The van der Waals surface area contributed by atoms with E-state index in [0.29, 0.717) is 35.5 Å². The van der Waals surface area contributed by atoms with Crippen molar-refractivity contribution in [1.82, 2.24) is 0 Å². The predicted molar refractivity (Wildman–Crippen MR) is 123 cm³/mol. The highest BCUT2D eigenvalue weighted by Gasteiger charge is 2.50. The van der Waals surface area contributed by atoms with Crippen LogP contribution in [-0.2, 0) is 4.79 Å². The van der Waals surface area contributed by atoms with E-state index < -0.39 is 5.60 Å². The van der Waals surface area contributed by atoms with Gasteiger partial charge in [0.15, 0.2) is 5.78 Å². The Hall–Kier alpha value is -0.930. The largest absolute Gasteiger partial charge is 0.393 e. The zero-order valence-electron chi connectivity index (χ0n) is 19.9. The zero-order valence-corrected chi connectivity index (χ0v) is 19.9. The first kappa shape index (κ1) is 23.7. The Labute approximate surface area is 184 Å². The van der Waals surface area contributed by atoms with Gasteiger partial charge in [-0.05, 0) is 101 Å². The number of hydrogen-bond acceptors (Lipinski definition) is 3. The van der Waals surface area contributed by atoms with E-state index in [0.717, 1.165) is 25.7 Å². The Morgan fingerprint density at radius 2 is 1.90 bits per heavy atom. The second-order valence-corrected chi connectivity index (χ2v) is 11.4. The van der Waals surface area contributed by atoms with Gasteiger partial charge >= 0.3 is 0 Å². The fourth-order valence-electron chi connectivity index (χ4n) is 6.73. The van der Waals surface area contributed by atoms with E-state index in [1.54, 1.807) is 19.4 Å². The van der Waals surface area contributed by atoms with Crippen LogP contribution in [0.1, 0.15) is 98.8 Å². The molecular weight excluding hydrogens is 372 g/mol. The molecule has 0 radical (unpaired) electrons. The van der Waals surface area contributed by atoms with Crippen molar-refractivity contribution < 1.29 is 15.0 Å². The summed E-state index contributed by atoms with van der Waals surface area (Å²) in [7, 11) is 0. The smallest absolute Gasteiger partial charge is 0.163 e. The topological polar surface area (TPSA) is 57.5 Å². The normalized spacial score (nSPS) is 38.6. The lowest BCUT2D eigenvalue weighted by Gasteiger charge is -2.44. The number of carbonyl (C=O) groups excluding carboxylic acids is 1. The van der Waals surface area contributed by atoms with Crippen molar-refractivity contribution >= 4 is 5.78 Å². The summed E-state index contributed by atoms with van der Waals surface area (Å²) >= 11 is 0. The molecule has 0 heterocycles. The van der Waals surface area contributed by atoms with E-state index in [1.807, 2.05) is 0 Å². The Balaban J connectivity index is 1.69. The molecule has 3 aliphatic rings. The monoisotopic (exact) mass is 416 g/mol. The van der Waals surface area contributed by atoms with Gasteiger partial charge in [0.2, 0.25) is 0 Å². The molecule has 0 aliphatic heterocycles. The molecule has 2 N–H and O–H groups in total. The van der Waals surface area contributed by atoms with Gasteiger partial charge in [-0.15, -0.1) is 0 Å². The molecular formula is C27H44O3. The fraction of sp³-hybridized carbons (Fsp3) is 0.815. The van der Waals surface area contributed by atoms with Crippen molar-refractivity contribution in [3.63, 3.8) is 0 Å². The van der Waals surface area contributed by atoms with Crippen LogP contribution in [-0.4, -0.2) is 27.7 Å². The average Bonchev–Trinajstić information content (AvgIpc) is 3.03. The SMILES string of the molecule is C[C@H](CCC(=O)C(C)(C)O)[C@H]1CC[C@H]2/C(=C/C=C3C[C@@H](O)CC[C@@H]3C)CCC[C@]12C. The van der Waals surface area contributed by atoms with Crippen molar-refractivity contribution in [2.75, 3.05) is 0 Å². The molecule has 0 amide bonds. The molecule has 0 unspecified atom stereocenters. The third kappa shape index (κ3) is 5.10. The van der Waals surface area contributed by atoms with Crippen LogP contribution in [0.3, 0.4) is 0 Å². The molecule has 30 heavy (non-hydrogen) atoms. The molecule has 0 aromatic carbocycles. The van der Waals surface area contributed by atoms with Crippen molar-refractivity contribution in [2.45, 2.75) is 111 Å². The van der Waals surface area contributed by atoms with Crippen LogP contribution in [0.25, 0.3) is 0 Å². The zero-order chi connectivity index (χ0) is 22.1. The third-order valence-corrected chi connectivity index (χ3v) is 8.78. The van der Waals surface area contributed by atoms with Crippen molar-refractivity contribution in [1.29, 1.82) is 0 Å². The summed E-state index contributed by atoms with van der Waals surface area (Å²) in [4.78, 5) is 12.2. The second kappa shape index (κ2) is 9.28. The predicted octanol–water partition coefficient (Wildman–Crippen LogP) is 5.99. The highest BCUT2D eigenvalue weighted by Crippen LogP contribution is 2.59. The molecule has 0 spiro atoms. The molecule has 0 aromatic heterocycles. The van der Waals surface area contributed by atoms with E-state index in [1.165, 1.54) is 37.7 Å². The lowest BCUT2D eigenvalue weighted by Crippen LogP contribution is -2.36. The van der Waals surface area contributed by atoms with Crippen LogP contribution in [0.2, 0.25) is 0 Å². The van der Waals surface area contributed by atoms with Crippen LogP contribution in [0, 0.1) is 29.1 Å². The van der Waals surface area contributed by atoms with E-state index in [-0.39, 0.29) is 11.9 Å². The molecule has 3 heteroatoms. The minimum atomic E-state index is -1.21. The summed E-state index contributed by atoms with van der Waals surface area (Å²) in [6.45, 7) is 10.3. The summed E-state index contributed by atoms with van der Waals surface area (Å²) in [6.07, 6.45) is 15.1. The highest BCUT2D eigenvalue weighted by molar-refractivity contribution is 5.86. The molecule has 6 atom stereocenters. The van der Waals surface area contributed by atoms with Crippen LogP contribution < -0.4 is 0 Å². The van der Waals surface area contributed by atoms with Gasteiger partial charge in [0.05, 0.1) is 6.10 Å². The Morgan fingerprint density at radius 3 is 2.60 bits per heavy atom. The summed E-state index contributed by atoms with van der Waals surface area (Å²) in [6, 6.07) is 0. The summed E-state index contributed by atoms with van der Waals surface area (Å²) in [5.74, 6) is 2.38. The van der Waals surface area contributed by atoms with E-state index in [2.05, 4.69) is 32.9 Å². The number of rotatable bonds is 6. The van der Waals surface area contributed by atoms with Crippen molar-refractivity contribution in [2.24, 2.45) is 29.1 Å². The van der Waals surface area contributed by atoms with Crippen molar-refractivity contribution in [3.8, 4) is 0 Å². The van der Waals surface area contributed by atoms with Gasteiger partial charge in [0.1, 0.15) is 5.60 Å². The Morgan fingerprint density at radius 1 is 1.20 bits per heavy atom. The Bertz CT molecular complexity index is 683. The number of aliphatic hydroxyl groups excluding tert-OH is 1. The van der Waals surface area contributed by atoms with Crippen LogP contribution >= 0.6 is 0 Å². The Kier molecular flexibility index (Phi) is 7.34. The highest BCUT2D eigenvalue weighted by atomic mass is 16.3. The second-order valence-electron chi connectivity index (χ2n) is 11.4. The molecule has 3 saturated carbocycles. The van der Waals surface area contributed by atoms with Gasteiger partial charge in [-0.1, -0.05) is 44.1 Å². The number of hydrogen-bond donors (Lipinski definition) is 2. The standard InChI is InChI=1S/C27H44O3/c1-18-8-12-22(28)17-21(18)11-10-20-7-6-16-27(5)23(13-14-24(20)27)19(2)9-15-25(29)26(3,4)30/h10-11,18-19,22-24,28,30H,6-9,12-17H2,1-5H3/b20-10+,21-11?/t18-,19+,22-,23+,24-,27+/m0/s1. The molecule has 0 saturated heterocycles. The first-order valence-electron chi connectivity index (χ1n) is 12.4. The van der Waals surface area contributed by atoms with Crippen molar-refractivity contribution in [3.05, 3.63) is 23.3 Å². The lowest BCUT2D eigenvalue weighted by atomic mass is 9.60. The van der Waals surface area contributed by atoms with Gasteiger partial charge in [0, 0.05) is 6.42 Å². The van der Waals surface area contributed by atoms with Crippen LogP contribution in [0.5, 0.6) is 0 Å². The molecule has 0 bridgehead atoms.